The molecule has 1 N–H and O–H groups in total. The molecule has 198 valence electrons. The number of hydrogen-bond acceptors (Lipinski definition) is 7. The van der Waals surface area contributed by atoms with Crippen LogP contribution < -0.4 is 4.90 Å². The minimum Gasteiger partial charge on any atom is -0.417 e. The van der Waals surface area contributed by atoms with E-state index in [9.17, 15) is 24.8 Å². The molecule has 5 atom stereocenters. The largest absolute Gasteiger partial charge is 0.417 e. The van der Waals surface area contributed by atoms with Crippen molar-refractivity contribution in [2.45, 2.75) is 76.0 Å². The van der Waals surface area contributed by atoms with Gasteiger partial charge >= 0.3 is 0 Å². The first-order valence-corrected chi connectivity index (χ1v) is 15.6. The highest BCUT2D eigenvalue weighted by Crippen LogP contribution is 2.62. The van der Waals surface area contributed by atoms with Gasteiger partial charge < -0.3 is 14.3 Å². The lowest BCUT2D eigenvalue weighted by Crippen LogP contribution is -2.50. The summed E-state index contributed by atoms with van der Waals surface area (Å²) >= 11 is 0. The van der Waals surface area contributed by atoms with Crippen molar-refractivity contribution in [1.82, 2.24) is 0 Å². The minimum absolute atomic E-state index is 0.0142. The van der Waals surface area contributed by atoms with Gasteiger partial charge in [0.25, 0.3) is 5.69 Å². The van der Waals surface area contributed by atoms with Gasteiger partial charge in [0.1, 0.15) is 5.60 Å². The maximum Gasteiger partial charge on any atom is 0.277 e. The van der Waals surface area contributed by atoms with Crippen LogP contribution in [0.5, 0.6) is 0 Å². The molecule has 2 aromatic carbocycles. The van der Waals surface area contributed by atoms with Crippen LogP contribution in [0.1, 0.15) is 40.5 Å². The lowest BCUT2D eigenvalue weighted by molar-refractivity contribution is -0.383. The van der Waals surface area contributed by atoms with Crippen molar-refractivity contribution in [3.63, 3.8) is 0 Å². The normalized spacial score (nSPS) is 31.4. The molecule has 10 heteroatoms. The number of imide groups is 1. The van der Waals surface area contributed by atoms with Crippen LogP contribution in [0.4, 0.5) is 11.4 Å². The predicted molar refractivity (Wildman–Crippen MR) is 141 cm³/mol. The van der Waals surface area contributed by atoms with Gasteiger partial charge in [0.2, 0.25) is 11.8 Å². The molecule has 2 aromatic rings. The monoisotopic (exact) mass is 526 g/mol. The summed E-state index contributed by atoms with van der Waals surface area (Å²) in [6.07, 6.45) is -0.257. The molecule has 0 saturated carbocycles. The third-order valence-corrected chi connectivity index (χ3v) is 13.8. The molecule has 3 saturated heterocycles. The second kappa shape index (κ2) is 8.17. The summed E-state index contributed by atoms with van der Waals surface area (Å²) < 4.78 is 12.8. The Morgan fingerprint density at radius 2 is 1.76 bits per heavy atom. The van der Waals surface area contributed by atoms with Crippen LogP contribution in [-0.4, -0.2) is 54.1 Å². The number of aliphatic hydroxyl groups excluding tert-OH is 1. The summed E-state index contributed by atoms with van der Waals surface area (Å²) in [5.74, 6) is -2.43. The van der Waals surface area contributed by atoms with Crippen molar-refractivity contribution in [2.24, 2.45) is 11.8 Å². The summed E-state index contributed by atoms with van der Waals surface area (Å²) in [4.78, 5) is 40.1. The quantitative estimate of drug-likeness (QED) is 0.254. The zero-order valence-electron chi connectivity index (χ0n) is 22.1. The van der Waals surface area contributed by atoms with Crippen LogP contribution in [0.25, 0.3) is 10.8 Å². The molecule has 9 nitrogen and oxygen atoms in total. The van der Waals surface area contributed by atoms with E-state index in [-0.39, 0.29) is 17.1 Å². The molecule has 3 aliphatic heterocycles. The van der Waals surface area contributed by atoms with Gasteiger partial charge in [0.05, 0.1) is 39.5 Å². The predicted octanol–water partition coefficient (Wildman–Crippen LogP) is 4.56. The topological polar surface area (TPSA) is 119 Å². The van der Waals surface area contributed by atoms with Gasteiger partial charge in [-0.1, -0.05) is 39.0 Å². The van der Waals surface area contributed by atoms with Crippen LogP contribution in [0.15, 0.2) is 36.4 Å². The van der Waals surface area contributed by atoms with Gasteiger partial charge in [-0.2, -0.15) is 0 Å². The molecular weight excluding hydrogens is 492 g/mol. The Bertz CT molecular complexity index is 1320. The fourth-order valence-electron chi connectivity index (χ4n) is 6.18. The first-order valence-electron chi connectivity index (χ1n) is 12.7. The summed E-state index contributed by atoms with van der Waals surface area (Å²) in [5.41, 5.74) is -1.99. The Balaban J connectivity index is 1.52. The Morgan fingerprint density at radius 1 is 1.14 bits per heavy atom. The number of anilines is 1. The van der Waals surface area contributed by atoms with Crippen molar-refractivity contribution in [3.05, 3.63) is 46.5 Å². The van der Waals surface area contributed by atoms with Gasteiger partial charge in [-0.25, -0.2) is 4.90 Å². The van der Waals surface area contributed by atoms with Gasteiger partial charge in [0.15, 0.2) is 8.32 Å². The van der Waals surface area contributed by atoms with Crippen molar-refractivity contribution in [1.29, 1.82) is 0 Å². The van der Waals surface area contributed by atoms with E-state index in [1.165, 1.54) is 12.1 Å². The smallest absolute Gasteiger partial charge is 0.277 e. The number of nitro benzene ring substituents is 1. The highest BCUT2D eigenvalue weighted by molar-refractivity contribution is 6.74. The Hall–Kier alpha value is -2.66. The zero-order chi connectivity index (χ0) is 27.1. The highest BCUT2D eigenvalue weighted by Gasteiger charge is 2.77. The first kappa shape index (κ1) is 26.0. The van der Waals surface area contributed by atoms with E-state index in [2.05, 4.69) is 33.9 Å². The summed E-state index contributed by atoms with van der Waals surface area (Å²) in [6, 6.07) is 9.49. The first-order chi connectivity index (χ1) is 17.1. The molecule has 0 radical (unpaired) electrons. The van der Waals surface area contributed by atoms with E-state index in [1.807, 2.05) is 0 Å². The average Bonchev–Trinajstić information content (AvgIpc) is 3.33. The molecule has 0 aromatic heterocycles. The number of carbonyl (C=O) groups is 2. The van der Waals surface area contributed by atoms with Gasteiger partial charge in [0, 0.05) is 24.5 Å². The standard InChI is InChI=1S/C27H34N2O7Si/c1-25(2,3)37(5,6)35-14-13-27-15-20(30)26(4,36-27)21-22(27)24(32)28(23(21)31)18-11-12-19(29(33)34)17-10-8-7-9-16(17)18/h7-12,20-22,30H,13-15H2,1-6H3/t20-,21-,22+,26?,27?/m1/s1. The van der Waals surface area contributed by atoms with Crippen LogP contribution >= 0.6 is 0 Å². The number of nitro groups is 1. The second-order valence-corrected chi connectivity index (χ2v) is 17.1. The Labute approximate surface area is 217 Å². The highest BCUT2D eigenvalue weighted by atomic mass is 28.4. The molecular formula is C27H34N2O7Si. The number of benzene rings is 2. The molecule has 3 heterocycles. The molecule has 0 aliphatic carbocycles. The maximum absolute atomic E-state index is 14.0. The van der Waals surface area contributed by atoms with E-state index in [1.54, 1.807) is 31.2 Å². The molecule has 0 spiro atoms. The van der Waals surface area contributed by atoms with E-state index in [0.717, 1.165) is 4.90 Å². The molecule has 3 fully saturated rings. The van der Waals surface area contributed by atoms with Gasteiger partial charge in [-0.05, 0) is 43.6 Å². The van der Waals surface area contributed by atoms with Crippen LogP contribution in [0.2, 0.25) is 18.1 Å². The van der Waals surface area contributed by atoms with Crippen molar-refractivity contribution in [3.8, 4) is 0 Å². The lowest BCUT2D eigenvalue weighted by Gasteiger charge is -2.38. The number of aliphatic hydroxyl groups is 1. The third kappa shape index (κ3) is 3.60. The van der Waals surface area contributed by atoms with E-state index < -0.39 is 54.2 Å². The number of fused-ring (bicyclic) bond motifs is 6. The third-order valence-electron chi connectivity index (χ3n) is 9.22. The lowest BCUT2D eigenvalue weighted by atomic mass is 9.66. The van der Waals surface area contributed by atoms with Crippen molar-refractivity contribution >= 4 is 42.3 Å². The fraction of sp³-hybridized carbons (Fsp3) is 0.556. The van der Waals surface area contributed by atoms with E-state index in [4.69, 9.17) is 9.16 Å². The SMILES string of the molecule is CC12OC(CCO[Si](C)(C)C(C)(C)C)(C[C@H]1O)[C@@H]1C(=O)N(c3ccc([N+](=O)[O-])c4ccccc34)C(=O)[C@@H]12. The maximum atomic E-state index is 14.0. The second-order valence-electron chi connectivity index (χ2n) is 12.3. The minimum atomic E-state index is -2.06. The van der Waals surface area contributed by atoms with Gasteiger partial charge in [-0.3, -0.25) is 19.7 Å². The number of amides is 2. The van der Waals surface area contributed by atoms with Crippen molar-refractivity contribution in [2.75, 3.05) is 11.5 Å². The molecule has 3 aliphatic rings. The van der Waals surface area contributed by atoms with E-state index in [0.29, 0.717) is 29.5 Å². The fourth-order valence-corrected chi connectivity index (χ4v) is 7.22. The number of rotatable bonds is 6. The van der Waals surface area contributed by atoms with Gasteiger partial charge in [-0.15, -0.1) is 0 Å². The summed E-state index contributed by atoms with van der Waals surface area (Å²) in [7, 11) is -2.06. The molecule has 37 heavy (non-hydrogen) atoms. The molecule has 5 rings (SSSR count). The van der Waals surface area contributed by atoms with Crippen LogP contribution in [-0.2, 0) is 18.8 Å². The number of carbonyl (C=O) groups excluding carboxylic acids is 2. The van der Waals surface area contributed by atoms with Crippen LogP contribution in [0, 0.1) is 22.0 Å². The Morgan fingerprint density at radius 3 is 2.38 bits per heavy atom. The number of nitrogens with zero attached hydrogens (tertiary/aromatic N) is 2. The van der Waals surface area contributed by atoms with Crippen molar-refractivity contribution < 1.29 is 28.8 Å². The molecule has 2 bridgehead atoms. The Kier molecular flexibility index (Phi) is 5.73. The molecule has 2 unspecified atom stereocenters. The average molecular weight is 527 g/mol. The van der Waals surface area contributed by atoms with Crippen LogP contribution in [0.3, 0.4) is 0 Å². The number of ether oxygens (including phenoxy) is 1. The molecule has 2 amide bonds. The zero-order valence-corrected chi connectivity index (χ0v) is 23.1. The number of hydrogen-bond donors (Lipinski definition) is 1. The summed E-state index contributed by atoms with van der Waals surface area (Å²) in [5, 5.41) is 23.4. The number of non-ortho nitro benzene ring substituents is 1. The van der Waals surface area contributed by atoms with E-state index >= 15 is 0 Å². The summed E-state index contributed by atoms with van der Waals surface area (Å²) in [6.45, 7) is 12.8.